The molecular formula is C21H43IN6O3. The summed E-state index contributed by atoms with van der Waals surface area (Å²) in [6.45, 7) is 12.5. The van der Waals surface area contributed by atoms with Crippen molar-refractivity contribution in [2.45, 2.75) is 71.1 Å². The van der Waals surface area contributed by atoms with Crippen LogP contribution in [0.1, 0.15) is 53.9 Å². The topological polar surface area (TPSA) is 98.3 Å². The van der Waals surface area contributed by atoms with Gasteiger partial charge in [-0.15, -0.1) is 24.0 Å². The standard InChI is InChI=1S/C21H42N6O3.HI/c1-20(2,3)30-19(29)25-21(4,5)15-24-18(22-6)23-12-10-14-27-13-9-11-16(27)17(28)26(7)8;/h16H,9-15H2,1-8H3,(H,25,29)(H2,22,23,24);1H. The molecular weight excluding hydrogens is 511 g/mol. The Kier molecular flexibility index (Phi) is 12.7. The second-order valence-corrected chi connectivity index (χ2v) is 9.64. The van der Waals surface area contributed by atoms with Crippen LogP contribution in [0.5, 0.6) is 0 Å². The van der Waals surface area contributed by atoms with Crippen molar-refractivity contribution in [1.29, 1.82) is 0 Å². The molecule has 0 aromatic rings. The van der Waals surface area contributed by atoms with Crippen molar-refractivity contribution in [3.63, 3.8) is 0 Å². The molecule has 1 rings (SSSR count). The van der Waals surface area contributed by atoms with Crippen LogP contribution < -0.4 is 16.0 Å². The van der Waals surface area contributed by atoms with E-state index in [1.807, 2.05) is 48.7 Å². The van der Waals surface area contributed by atoms with Gasteiger partial charge in [0.05, 0.1) is 11.6 Å². The van der Waals surface area contributed by atoms with Gasteiger partial charge in [-0.05, 0) is 60.4 Å². The highest BCUT2D eigenvalue weighted by molar-refractivity contribution is 14.0. The number of hydrogen-bond donors (Lipinski definition) is 3. The van der Waals surface area contributed by atoms with Gasteiger partial charge in [0.25, 0.3) is 0 Å². The van der Waals surface area contributed by atoms with Crippen LogP contribution in [-0.4, -0.2) is 92.3 Å². The molecule has 1 atom stereocenters. The zero-order chi connectivity index (χ0) is 22.9. The lowest BCUT2D eigenvalue weighted by Gasteiger charge is -2.29. The number of likely N-dealkylation sites (N-methyl/N-ethyl adjacent to an activating group) is 1. The van der Waals surface area contributed by atoms with Crippen molar-refractivity contribution in [2.24, 2.45) is 4.99 Å². The Morgan fingerprint density at radius 2 is 1.81 bits per heavy atom. The molecule has 3 N–H and O–H groups in total. The first kappa shape index (κ1) is 29.7. The summed E-state index contributed by atoms with van der Waals surface area (Å²) in [6.07, 6.45) is 2.48. The number of amides is 2. The Morgan fingerprint density at radius 1 is 1.16 bits per heavy atom. The average molecular weight is 555 g/mol. The molecule has 9 nitrogen and oxygen atoms in total. The normalized spacial score (nSPS) is 17.5. The van der Waals surface area contributed by atoms with Crippen LogP contribution in [0.3, 0.4) is 0 Å². The molecule has 1 fully saturated rings. The first-order valence-corrected chi connectivity index (χ1v) is 10.8. The highest BCUT2D eigenvalue weighted by atomic mass is 127. The summed E-state index contributed by atoms with van der Waals surface area (Å²) in [7, 11) is 5.35. The molecule has 0 radical (unpaired) electrons. The molecule has 1 aliphatic rings. The van der Waals surface area contributed by atoms with Gasteiger partial charge in [0.15, 0.2) is 5.96 Å². The first-order valence-electron chi connectivity index (χ1n) is 10.8. The number of carbonyl (C=O) groups is 2. The van der Waals surface area contributed by atoms with Crippen molar-refractivity contribution in [1.82, 2.24) is 25.8 Å². The number of nitrogens with one attached hydrogen (secondary N) is 3. The predicted molar refractivity (Wildman–Crippen MR) is 136 cm³/mol. The molecule has 1 heterocycles. The second kappa shape index (κ2) is 13.3. The van der Waals surface area contributed by atoms with Gasteiger partial charge in [0, 0.05) is 40.8 Å². The minimum Gasteiger partial charge on any atom is -0.444 e. The van der Waals surface area contributed by atoms with Gasteiger partial charge in [0.2, 0.25) is 5.91 Å². The summed E-state index contributed by atoms with van der Waals surface area (Å²) >= 11 is 0. The largest absolute Gasteiger partial charge is 0.444 e. The summed E-state index contributed by atoms with van der Waals surface area (Å²) in [4.78, 5) is 32.5. The van der Waals surface area contributed by atoms with Crippen molar-refractivity contribution in [2.75, 3.05) is 47.3 Å². The molecule has 1 unspecified atom stereocenters. The van der Waals surface area contributed by atoms with Crippen LogP contribution in [0.25, 0.3) is 0 Å². The fourth-order valence-electron chi connectivity index (χ4n) is 3.31. The van der Waals surface area contributed by atoms with Crippen LogP contribution in [-0.2, 0) is 9.53 Å². The van der Waals surface area contributed by atoms with Crippen molar-refractivity contribution in [3.05, 3.63) is 0 Å². The number of aliphatic imine (C=N–C) groups is 1. The molecule has 1 saturated heterocycles. The minimum atomic E-state index is -0.531. The average Bonchev–Trinajstić information content (AvgIpc) is 3.06. The van der Waals surface area contributed by atoms with Gasteiger partial charge >= 0.3 is 6.09 Å². The Balaban J connectivity index is 0.00000900. The molecule has 0 aromatic heterocycles. The van der Waals surface area contributed by atoms with E-state index in [1.54, 1.807) is 11.9 Å². The third kappa shape index (κ3) is 11.8. The molecule has 0 aliphatic carbocycles. The zero-order valence-electron chi connectivity index (χ0n) is 20.5. The lowest BCUT2D eigenvalue weighted by atomic mass is 10.1. The summed E-state index contributed by atoms with van der Waals surface area (Å²) in [5.41, 5.74) is -1.04. The Labute approximate surface area is 205 Å². The predicted octanol–water partition coefficient (Wildman–Crippen LogP) is 2.02. The van der Waals surface area contributed by atoms with Gasteiger partial charge in [-0.1, -0.05) is 0 Å². The minimum absolute atomic E-state index is 0. The summed E-state index contributed by atoms with van der Waals surface area (Å²) in [5.74, 6) is 0.869. The van der Waals surface area contributed by atoms with Crippen LogP contribution in [0.4, 0.5) is 4.79 Å². The Hall–Kier alpha value is -1.30. The van der Waals surface area contributed by atoms with Crippen molar-refractivity contribution < 1.29 is 14.3 Å². The number of hydrogen-bond acceptors (Lipinski definition) is 5. The molecule has 2 amide bonds. The van der Waals surface area contributed by atoms with E-state index in [1.165, 1.54) is 0 Å². The number of halogens is 1. The molecule has 10 heteroatoms. The van der Waals surface area contributed by atoms with E-state index in [9.17, 15) is 9.59 Å². The quantitative estimate of drug-likeness (QED) is 0.184. The van der Waals surface area contributed by atoms with Crippen molar-refractivity contribution in [3.8, 4) is 0 Å². The summed E-state index contributed by atoms with van der Waals surface area (Å²) in [6, 6.07) is 0.0113. The summed E-state index contributed by atoms with van der Waals surface area (Å²) < 4.78 is 5.32. The lowest BCUT2D eigenvalue weighted by Crippen LogP contribution is -2.54. The summed E-state index contributed by atoms with van der Waals surface area (Å²) in [5, 5.41) is 9.41. The highest BCUT2D eigenvalue weighted by Crippen LogP contribution is 2.18. The molecule has 1 aliphatic heterocycles. The van der Waals surface area contributed by atoms with Crippen molar-refractivity contribution >= 4 is 41.9 Å². The van der Waals surface area contributed by atoms with E-state index >= 15 is 0 Å². The molecule has 182 valence electrons. The molecule has 0 spiro atoms. The monoisotopic (exact) mass is 554 g/mol. The smallest absolute Gasteiger partial charge is 0.408 e. The second-order valence-electron chi connectivity index (χ2n) is 9.64. The van der Waals surface area contributed by atoms with Gasteiger partial charge in [0.1, 0.15) is 5.60 Å². The van der Waals surface area contributed by atoms with E-state index in [0.29, 0.717) is 12.5 Å². The molecule has 0 aromatic carbocycles. The van der Waals surface area contributed by atoms with Crippen LogP contribution in [0.2, 0.25) is 0 Å². The number of ether oxygens (including phenoxy) is 1. The number of nitrogens with zero attached hydrogens (tertiary/aromatic N) is 3. The Bertz CT molecular complexity index is 604. The van der Waals surface area contributed by atoms with E-state index in [-0.39, 0.29) is 35.9 Å². The Morgan fingerprint density at radius 3 is 2.35 bits per heavy atom. The number of guanidine groups is 1. The van der Waals surface area contributed by atoms with E-state index in [0.717, 1.165) is 38.9 Å². The fourth-order valence-corrected chi connectivity index (χ4v) is 3.31. The number of likely N-dealkylation sites (tertiary alicyclic amines) is 1. The third-order valence-electron chi connectivity index (χ3n) is 4.76. The van der Waals surface area contributed by atoms with Crippen LogP contribution in [0, 0.1) is 0 Å². The number of carbonyl (C=O) groups excluding carboxylic acids is 2. The maximum absolute atomic E-state index is 12.3. The maximum atomic E-state index is 12.3. The zero-order valence-corrected chi connectivity index (χ0v) is 22.8. The van der Waals surface area contributed by atoms with Gasteiger partial charge in [-0.3, -0.25) is 14.7 Å². The van der Waals surface area contributed by atoms with Crippen LogP contribution in [0.15, 0.2) is 4.99 Å². The van der Waals surface area contributed by atoms with Crippen LogP contribution >= 0.6 is 24.0 Å². The van der Waals surface area contributed by atoms with E-state index < -0.39 is 17.2 Å². The highest BCUT2D eigenvalue weighted by Gasteiger charge is 2.31. The van der Waals surface area contributed by atoms with Gasteiger partial charge in [-0.25, -0.2) is 4.79 Å². The van der Waals surface area contributed by atoms with E-state index in [2.05, 4.69) is 25.8 Å². The first-order chi connectivity index (χ1) is 13.8. The molecule has 0 saturated carbocycles. The maximum Gasteiger partial charge on any atom is 0.408 e. The van der Waals surface area contributed by atoms with Gasteiger partial charge in [-0.2, -0.15) is 0 Å². The molecule has 0 bridgehead atoms. The number of alkyl carbamates (subject to hydrolysis) is 1. The van der Waals surface area contributed by atoms with E-state index in [4.69, 9.17) is 4.74 Å². The van der Waals surface area contributed by atoms with Gasteiger partial charge < -0.3 is 25.6 Å². The number of rotatable bonds is 8. The lowest BCUT2D eigenvalue weighted by molar-refractivity contribution is -0.133. The fraction of sp³-hybridized carbons (Fsp3) is 0.857. The molecule has 31 heavy (non-hydrogen) atoms. The third-order valence-corrected chi connectivity index (χ3v) is 4.76. The SMILES string of the molecule is CN=C(NCCCN1CCCC1C(=O)N(C)C)NCC(C)(C)NC(=O)OC(C)(C)C.I.